The van der Waals surface area contributed by atoms with Crippen molar-refractivity contribution in [3.8, 4) is 0 Å². The molecule has 2 fully saturated rings. The van der Waals surface area contributed by atoms with E-state index in [1.165, 1.54) is 7.11 Å². The topological polar surface area (TPSA) is 108 Å². The Balaban J connectivity index is 2.10. The predicted molar refractivity (Wildman–Crippen MR) is 145 cm³/mol. The molecular weight excluding hydrogens is 550 g/mol. The fourth-order valence-corrected chi connectivity index (χ4v) is 6.56. The van der Waals surface area contributed by atoms with Crippen LogP contribution in [0.2, 0.25) is 0 Å². The van der Waals surface area contributed by atoms with E-state index < -0.39 is 60.7 Å². The molecule has 2 aliphatic rings. The Hall–Kier alpha value is 0.840. The lowest BCUT2D eigenvalue weighted by molar-refractivity contribution is -0.124. The lowest BCUT2D eigenvalue weighted by Gasteiger charge is -2.31. The van der Waals surface area contributed by atoms with Crippen molar-refractivity contribution >= 4 is 37.9 Å². The predicted octanol–water partition coefficient (Wildman–Crippen LogP) is 5.15. The van der Waals surface area contributed by atoms with Gasteiger partial charge in [-0.15, -0.1) is 0 Å². The van der Waals surface area contributed by atoms with Gasteiger partial charge in [0.2, 0.25) is 0 Å². The van der Waals surface area contributed by atoms with Crippen molar-refractivity contribution < 1.29 is 46.4 Å². The van der Waals surface area contributed by atoms with Gasteiger partial charge in [0.15, 0.2) is 0 Å². The van der Waals surface area contributed by atoms with Crippen LogP contribution in [0.15, 0.2) is 0 Å². The van der Waals surface area contributed by atoms with Crippen molar-refractivity contribution in [3.05, 3.63) is 0 Å². The SMILES string of the molecule is COC1[C@H](C)O[C@H](COP(=O)(S)O[C@@H]2C(OC)[C@H](C)O[C@@H]2COP(=O)(S)C(C)(C)C)[C@@H]1OC(C)(C)C. The van der Waals surface area contributed by atoms with Crippen molar-refractivity contribution in [2.45, 2.75) is 115 Å². The van der Waals surface area contributed by atoms with Gasteiger partial charge in [-0.3, -0.25) is 13.6 Å². The van der Waals surface area contributed by atoms with E-state index in [1.54, 1.807) is 34.8 Å². The van der Waals surface area contributed by atoms with Crippen molar-refractivity contribution in [2.75, 3.05) is 27.4 Å². The summed E-state index contributed by atoms with van der Waals surface area (Å²) >= 11 is 8.44. The van der Waals surface area contributed by atoms with Crippen LogP contribution in [0.3, 0.4) is 0 Å². The average Bonchev–Trinajstić information content (AvgIpc) is 3.17. The molecule has 10 nitrogen and oxygen atoms in total. The van der Waals surface area contributed by atoms with Crippen LogP contribution in [0.1, 0.15) is 55.4 Å². The van der Waals surface area contributed by atoms with Crippen LogP contribution in [0, 0.1) is 0 Å². The van der Waals surface area contributed by atoms with E-state index in [1.807, 2.05) is 27.7 Å². The molecule has 2 saturated heterocycles. The molecule has 0 aromatic rings. The van der Waals surface area contributed by atoms with E-state index in [0.29, 0.717) is 0 Å². The fraction of sp³-hybridized carbons (Fsp3) is 1.00. The number of thiol groups is 2. The Labute approximate surface area is 226 Å². The zero-order chi connectivity index (χ0) is 27.7. The lowest BCUT2D eigenvalue weighted by atomic mass is 10.1. The minimum absolute atomic E-state index is 0.0937. The molecule has 0 amide bonds. The van der Waals surface area contributed by atoms with Gasteiger partial charge in [-0.1, -0.05) is 45.3 Å². The van der Waals surface area contributed by atoms with Gasteiger partial charge in [0.1, 0.15) is 36.6 Å². The van der Waals surface area contributed by atoms with Crippen LogP contribution in [-0.2, 0) is 46.4 Å². The third-order valence-electron chi connectivity index (χ3n) is 6.04. The zero-order valence-electron chi connectivity index (χ0n) is 22.9. The normalized spacial score (nSPS) is 37.1. The molecular formula is C22H44O10P2S2. The summed E-state index contributed by atoms with van der Waals surface area (Å²) in [4.78, 5) is 0. The Morgan fingerprint density at radius 2 is 1.19 bits per heavy atom. The summed E-state index contributed by atoms with van der Waals surface area (Å²) in [6, 6.07) is 0. The minimum Gasteiger partial charge on any atom is -0.376 e. The Bertz CT molecular complexity index is 818. The first-order chi connectivity index (χ1) is 16.3. The molecule has 2 heterocycles. The van der Waals surface area contributed by atoms with E-state index in [2.05, 4.69) is 24.5 Å². The molecule has 0 saturated carbocycles. The van der Waals surface area contributed by atoms with Gasteiger partial charge in [0.05, 0.1) is 31.0 Å². The first-order valence-electron chi connectivity index (χ1n) is 12.0. The van der Waals surface area contributed by atoms with Gasteiger partial charge in [-0.25, -0.2) is 4.57 Å². The summed E-state index contributed by atoms with van der Waals surface area (Å²) in [5, 5.41) is -0.677. The monoisotopic (exact) mass is 594 g/mol. The fourth-order valence-electron chi connectivity index (χ4n) is 4.14. The largest absolute Gasteiger partial charge is 0.386 e. The van der Waals surface area contributed by atoms with Crippen LogP contribution < -0.4 is 0 Å². The first-order valence-corrected chi connectivity index (χ1v) is 17.5. The molecule has 0 aromatic carbocycles. The quantitative estimate of drug-likeness (QED) is 0.246. The molecule has 36 heavy (non-hydrogen) atoms. The number of hydrogen-bond acceptors (Lipinski definition) is 10. The third-order valence-corrected chi connectivity index (χ3v) is 12.0. The van der Waals surface area contributed by atoms with Gasteiger partial charge in [-0.2, -0.15) is 0 Å². The van der Waals surface area contributed by atoms with Crippen LogP contribution in [0.4, 0.5) is 0 Å². The summed E-state index contributed by atoms with van der Waals surface area (Å²) < 4.78 is 72.5. The molecule has 0 aromatic heterocycles. The molecule has 4 unspecified atom stereocenters. The van der Waals surface area contributed by atoms with E-state index in [-0.39, 0.29) is 25.4 Å². The van der Waals surface area contributed by atoms with E-state index in [4.69, 9.17) is 37.3 Å². The van der Waals surface area contributed by atoms with Crippen LogP contribution in [-0.4, -0.2) is 87.0 Å². The van der Waals surface area contributed by atoms with Crippen molar-refractivity contribution in [1.29, 1.82) is 0 Å². The van der Waals surface area contributed by atoms with Gasteiger partial charge in [0.25, 0.3) is 6.57 Å². The highest BCUT2D eigenvalue weighted by molar-refractivity contribution is 8.46. The highest BCUT2D eigenvalue weighted by atomic mass is 32.7. The van der Waals surface area contributed by atoms with Crippen LogP contribution >= 0.6 is 37.9 Å². The maximum absolute atomic E-state index is 13.3. The molecule has 2 rings (SSSR count). The van der Waals surface area contributed by atoms with Gasteiger partial charge < -0.3 is 28.2 Å². The zero-order valence-corrected chi connectivity index (χ0v) is 26.5. The Morgan fingerprint density at radius 3 is 1.64 bits per heavy atom. The maximum Gasteiger partial charge on any atom is 0.386 e. The van der Waals surface area contributed by atoms with Crippen molar-refractivity contribution in [3.63, 3.8) is 0 Å². The van der Waals surface area contributed by atoms with Crippen molar-refractivity contribution in [1.82, 2.24) is 0 Å². The Kier molecular flexibility index (Phi) is 11.5. The number of hydrogen-bond donors (Lipinski definition) is 2. The summed E-state index contributed by atoms with van der Waals surface area (Å²) in [5.41, 5.74) is -0.454. The molecule has 10 atom stereocenters. The first kappa shape index (κ1) is 33.0. The second kappa shape index (κ2) is 12.6. The van der Waals surface area contributed by atoms with E-state index in [0.717, 1.165) is 0 Å². The molecule has 214 valence electrons. The summed E-state index contributed by atoms with van der Waals surface area (Å²) in [6.07, 6.45) is -4.11. The van der Waals surface area contributed by atoms with E-state index >= 15 is 0 Å². The molecule has 2 aliphatic heterocycles. The smallest absolute Gasteiger partial charge is 0.376 e. The number of rotatable bonds is 11. The maximum atomic E-state index is 13.3. The standard InChI is InChI=1S/C22H44O10P2S2/c1-13-17(25-9)19(31-21(3,4)5)15(29-13)12-28-34(24,36)32-20-16(30-14(2)18(20)26-10)11-27-33(23,35)22(6,7)8/h13-20H,11-12H2,1-10H3,(H,23,35)(H,24,36)/t13-,14-,15+,16+,17?,18?,19-,20-,33?,34?/m0/s1. The highest BCUT2D eigenvalue weighted by Crippen LogP contribution is 2.63. The number of methoxy groups -OCH3 is 2. The number of ether oxygens (including phenoxy) is 5. The lowest BCUT2D eigenvalue weighted by Crippen LogP contribution is -2.42. The molecule has 14 heteroatoms. The summed E-state index contributed by atoms with van der Waals surface area (Å²) in [7, 11) is 3.09. The highest BCUT2D eigenvalue weighted by Gasteiger charge is 2.50. The third kappa shape index (κ3) is 8.67. The second-order valence-corrected chi connectivity index (χ2v) is 18.3. The van der Waals surface area contributed by atoms with Gasteiger partial charge in [0, 0.05) is 19.4 Å². The molecule has 0 aliphatic carbocycles. The second-order valence-electron chi connectivity index (χ2n) is 11.2. The average molecular weight is 595 g/mol. The van der Waals surface area contributed by atoms with Gasteiger partial charge in [-0.05, 0) is 34.6 Å². The molecule has 0 spiro atoms. The molecule has 0 radical (unpaired) electrons. The Morgan fingerprint density at radius 1 is 0.750 bits per heavy atom. The summed E-state index contributed by atoms with van der Waals surface area (Å²) in [5.74, 6) is 0. The minimum atomic E-state index is -3.92. The summed E-state index contributed by atoms with van der Waals surface area (Å²) in [6.45, 7) is 7.44. The molecule has 0 N–H and O–H groups in total. The van der Waals surface area contributed by atoms with Crippen molar-refractivity contribution in [2.24, 2.45) is 0 Å². The van der Waals surface area contributed by atoms with Gasteiger partial charge >= 0.3 is 6.80 Å². The van der Waals surface area contributed by atoms with Crippen LogP contribution in [0.25, 0.3) is 0 Å². The van der Waals surface area contributed by atoms with E-state index in [9.17, 15) is 9.13 Å². The molecule has 0 bridgehead atoms. The van der Waals surface area contributed by atoms with Crippen LogP contribution in [0.5, 0.6) is 0 Å².